The van der Waals surface area contributed by atoms with E-state index in [1.165, 1.54) is 87.6 Å². The summed E-state index contributed by atoms with van der Waals surface area (Å²) >= 11 is 0. The molecule has 17 rings (SSSR count). The molecule has 2 heterocycles. The van der Waals surface area contributed by atoms with Gasteiger partial charge in [0, 0.05) is 44.3 Å². The van der Waals surface area contributed by atoms with Crippen LogP contribution in [0.5, 0.6) is 0 Å². The highest BCUT2D eigenvalue weighted by molar-refractivity contribution is 6.88. The van der Waals surface area contributed by atoms with Crippen molar-refractivity contribution >= 4 is 124 Å². The van der Waals surface area contributed by atoms with E-state index in [4.69, 9.17) is 8.83 Å². The van der Waals surface area contributed by atoms with Gasteiger partial charge in [-0.15, -0.1) is 0 Å². The van der Waals surface area contributed by atoms with Crippen LogP contribution in [-0.2, 0) is 5.41 Å². The fourth-order valence-corrected chi connectivity index (χ4v) is 15.3. The molecule has 0 saturated heterocycles. The highest BCUT2D eigenvalue weighted by atomic mass is 28.3. The molecule has 15 aromatic rings. The van der Waals surface area contributed by atoms with Crippen molar-refractivity contribution in [2.45, 2.75) is 32.0 Å². The Labute approximate surface area is 476 Å². The normalized spacial score (nSPS) is 14.4. The number of hydrogen-bond acceptors (Lipinski definition) is 4. The maximum atomic E-state index is 6.82. The molecule has 0 amide bonds. The molecule has 4 nitrogen and oxygen atoms in total. The number of nitrogens with zero attached hydrogens (tertiary/aromatic N) is 2. The van der Waals surface area contributed by atoms with Crippen molar-refractivity contribution < 1.29 is 8.83 Å². The summed E-state index contributed by atoms with van der Waals surface area (Å²) in [6.07, 6.45) is 0. The van der Waals surface area contributed by atoms with Gasteiger partial charge < -0.3 is 18.6 Å². The Balaban J connectivity index is 0.905. The van der Waals surface area contributed by atoms with E-state index >= 15 is 0 Å². The Morgan fingerprint density at radius 3 is 1.38 bits per heavy atom. The van der Waals surface area contributed by atoms with E-state index in [-0.39, 0.29) is 0 Å². The monoisotopic (exact) mass is 1070 g/mol. The van der Waals surface area contributed by atoms with Crippen molar-refractivity contribution in [3.63, 3.8) is 0 Å². The van der Waals surface area contributed by atoms with Crippen molar-refractivity contribution in [3.05, 3.63) is 283 Å². The SMILES string of the molecule is Cc1ccc(N(c2ccc3cc4c(cc3c2)C2(c3cc5cc(N(c6ccc([Si](C)(C)C)cc6)c6cccc7c6oc6ccccc67)ccc5cc3-4)c3ccccc3-c3c2ccc2ccccc32)c2cccc3c2oc2ccccc23)cc1. The lowest BCUT2D eigenvalue weighted by Gasteiger charge is -2.31. The smallest absolute Gasteiger partial charge is 0.159 e. The van der Waals surface area contributed by atoms with Crippen LogP contribution in [0.3, 0.4) is 0 Å². The molecule has 0 bridgehead atoms. The molecule has 0 saturated carbocycles. The molecule has 5 heteroatoms. The molecule has 82 heavy (non-hydrogen) atoms. The van der Waals surface area contributed by atoms with Crippen molar-refractivity contribution in [1.82, 2.24) is 0 Å². The van der Waals surface area contributed by atoms with Gasteiger partial charge in [0.15, 0.2) is 11.2 Å². The van der Waals surface area contributed by atoms with Crippen LogP contribution in [0.25, 0.3) is 98.4 Å². The van der Waals surface area contributed by atoms with Crippen LogP contribution >= 0.6 is 0 Å². The Kier molecular flexibility index (Phi) is 9.89. The quantitative estimate of drug-likeness (QED) is 0.149. The van der Waals surface area contributed by atoms with E-state index in [0.717, 1.165) is 78.0 Å². The second kappa shape index (κ2) is 17.3. The molecule has 1 atom stereocenters. The molecule has 1 unspecified atom stereocenters. The molecule has 0 N–H and O–H groups in total. The molecule has 2 aliphatic carbocycles. The predicted octanol–water partition coefficient (Wildman–Crippen LogP) is 21.1. The lowest BCUT2D eigenvalue weighted by Crippen LogP contribution is -2.37. The van der Waals surface area contributed by atoms with E-state index in [0.29, 0.717) is 0 Å². The Bertz CT molecular complexity index is 5180. The molecule has 0 fully saturated rings. The Morgan fingerprint density at radius 2 is 0.805 bits per heavy atom. The van der Waals surface area contributed by atoms with Crippen molar-refractivity contribution in [3.8, 4) is 22.3 Å². The summed E-state index contributed by atoms with van der Waals surface area (Å²) in [5.41, 5.74) is 20.7. The fraction of sp³-hybridized carbons (Fsp3) is 0.0649. The third-order valence-electron chi connectivity index (χ3n) is 18.0. The first-order valence-corrected chi connectivity index (χ1v) is 32.0. The van der Waals surface area contributed by atoms with Gasteiger partial charge in [0.1, 0.15) is 11.2 Å². The van der Waals surface area contributed by atoms with Crippen LogP contribution in [0, 0.1) is 6.92 Å². The Hall–Kier alpha value is -9.94. The third-order valence-corrected chi connectivity index (χ3v) is 20.1. The summed E-state index contributed by atoms with van der Waals surface area (Å²) in [5.74, 6) is 0. The van der Waals surface area contributed by atoms with E-state index in [1.807, 2.05) is 6.07 Å². The topological polar surface area (TPSA) is 32.8 Å². The molecule has 388 valence electrons. The van der Waals surface area contributed by atoms with E-state index < -0.39 is 13.5 Å². The van der Waals surface area contributed by atoms with Gasteiger partial charge in [-0.3, -0.25) is 0 Å². The van der Waals surface area contributed by atoms with E-state index in [9.17, 15) is 0 Å². The van der Waals surface area contributed by atoms with Gasteiger partial charge in [-0.05, 0) is 181 Å². The second-order valence-electron chi connectivity index (χ2n) is 23.7. The molecule has 2 aromatic heterocycles. The lowest BCUT2D eigenvalue weighted by molar-refractivity contribution is 0.668. The lowest BCUT2D eigenvalue weighted by atomic mass is 9.70. The average Bonchev–Trinajstić information content (AvgIpc) is 4.44. The highest BCUT2D eigenvalue weighted by Gasteiger charge is 2.52. The summed E-state index contributed by atoms with van der Waals surface area (Å²) in [5, 5.41) is 13.1. The van der Waals surface area contributed by atoms with Crippen LogP contribution in [0.15, 0.2) is 264 Å². The number of hydrogen-bond donors (Lipinski definition) is 0. The van der Waals surface area contributed by atoms with Gasteiger partial charge in [0.25, 0.3) is 0 Å². The fourth-order valence-electron chi connectivity index (χ4n) is 14.2. The van der Waals surface area contributed by atoms with Gasteiger partial charge in [-0.25, -0.2) is 0 Å². The summed E-state index contributed by atoms with van der Waals surface area (Å²) < 4.78 is 13.6. The van der Waals surface area contributed by atoms with Gasteiger partial charge >= 0.3 is 0 Å². The highest BCUT2D eigenvalue weighted by Crippen LogP contribution is 2.65. The summed E-state index contributed by atoms with van der Waals surface area (Å²) in [6, 6.07) is 95.0. The zero-order chi connectivity index (χ0) is 54.6. The van der Waals surface area contributed by atoms with Crippen LogP contribution < -0.4 is 15.0 Å². The van der Waals surface area contributed by atoms with E-state index in [1.54, 1.807) is 0 Å². The molecular formula is C77H54N2O2Si. The van der Waals surface area contributed by atoms with Gasteiger partial charge in [-0.2, -0.15) is 0 Å². The summed E-state index contributed by atoms with van der Waals surface area (Å²) in [6.45, 7) is 9.39. The van der Waals surface area contributed by atoms with E-state index in [2.05, 4.69) is 285 Å². The van der Waals surface area contributed by atoms with Gasteiger partial charge in [-0.1, -0.05) is 188 Å². The second-order valence-corrected chi connectivity index (χ2v) is 28.7. The Morgan fingerprint density at radius 1 is 0.329 bits per heavy atom. The number of aryl methyl sites for hydroxylation is 1. The number of fused-ring (bicyclic) bond motifs is 20. The largest absolute Gasteiger partial charge is 0.454 e. The van der Waals surface area contributed by atoms with Gasteiger partial charge in [0.2, 0.25) is 0 Å². The number of para-hydroxylation sites is 4. The zero-order valence-electron chi connectivity index (χ0n) is 46.0. The minimum absolute atomic E-state index is 0.627. The maximum absolute atomic E-state index is 6.82. The zero-order valence-corrected chi connectivity index (χ0v) is 47.0. The van der Waals surface area contributed by atoms with Crippen LogP contribution in [0.4, 0.5) is 34.1 Å². The number of furan rings is 2. The third kappa shape index (κ3) is 6.71. The minimum Gasteiger partial charge on any atom is -0.454 e. The number of anilines is 6. The molecule has 0 radical (unpaired) electrons. The molecule has 1 spiro atoms. The van der Waals surface area contributed by atoms with Gasteiger partial charge in [0.05, 0.1) is 24.9 Å². The van der Waals surface area contributed by atoms with Crippen LogP contribution in [-0.4, -0.2) is 8.07 Å². The first kappa shape index (κ1) is 46.9. The predicted molar refractivity (Wildman–Crippen MR) is 347 cm³/mol. The maximum Gasteiger partial charge on any atom is 0.159 e. The van der Waals surface area contributed by atoms with Crippen LogP contribution in [0.2, 0.25) is 19.6 Å². The minimum atomic E-state index is -1.58. The average molecular weight is 1070 g/mol. The van der Waals surface area contributed by atoms with Crippen molar-refractivity contribution in [2.24, 2.45) is 0 Å². The molecule has 2 aliphatic rings. The number of benzene rings is 13. The summed E-state index contributed by atoms with van der Waals surface area (Å²) in [7, 11) is -1.58. The molecule has 13 aromatic carbocycles. The first-order valence-electron chi connectivity index (χ1n) is 28.5. The van der Waals surface area contributed by atoms with Crippen molar-refractivity contribution in [1.29, 1.82) is 0 Å². The molecule has 0 aliphatic heterocycles. The standard InChI is InChI=1S/C77H54N2O2Si/c1-47-27-32-53(33-28-47)78(70-23-13-20-61-59-17-8-11-25-72(59)80-75(61)70)55-34-29-49-43-64-65-44-50-30-35-56(79(54-36-38-57(39-37-54)82(2,3)4)71-24-14-21-62-60-18-9-12-26-73(60)81-76(62)71)42-52(50)46-69(65)77(68(64)45-51(49)41-55)66-22-10-7-19-63(66)74-58-16-6-5-15-48(58)31-40-67(74)77/h5-46H,1-4H3. The first-order chi connectivity index (χ1) is 40.2. The summed E-state index contributed by atoms with van der Waals surface area (Å²) in [4.78, 5) is 4.78. The van der Waals surface area contributed by atoms with Crippen LogP contribution in [0.1, 0.15) is 27.8 Å². The van der Waals surface area contributed by atoms with Crippen molar-refractivity contribution in [2.75, 3.05) is 9.80 Å². The number of rotatable bonds is 7. The molecular weight excluding hydrogens is 1010 g/mol.